The van der Waals surface area contributed by atoms with Gasteiger partial charge < -0.3 is 14.6 Å². The van der Waals surface area contributed by atoms with Gasteiger partial charge in [-0.2, -0.15) is 0 Å². The van der Waals surface area contributed by atoms with Gasteiger partial charge in [-0.15, -0.1) is 0 Å². The zero-order chi connectivity index (χ0) is 17.2. The van der Waals surface area contributed by atoms with Crippen molar-refractivity contribution in [2.24, 2.45) is 0 Å². The Hall–Kier alpha value is -2.02. The Kier molecular flexibility index (Phi) is 4.80. The number of carbonyl (C=O) groups excluding carboxylic acids is 1. The molecule has 0 saturated carbocycles. The molecule has 6 nitrogen and oxygen atoms in total. The number of hydrogen-bond donors (Lipinski definition) is 1. The molecule has 0 bridgehead atoms. The van der Waals surface area contributed by atoms with Crippen LogP contribution in [0.5, 0.6) is 0 Å². The minimum absolute atomic E-state index is 0.0360. The molecule has 130 valence electrons. The van der Waals surface area contributed by atoms with Gasteiger partial charge in [0.15, 0.2) is 9.84 Å². The first-order chi connectivity index (χ1) is 11.4. The molecule has 1 fully saturated rings. The van der Waals surface area contributed by atoms with Crippen LogP contribution in [0.1, 0.15) is 19.1 Å². The van der Waals surface area contributed by atoms with Crippen LogP contribution < -0.4 is 5.32 Å². The third-order valence-electron chi connectivity index (χ3n) is 4.41. The van der Waals surface area contributed by atoms with Gasteiger partial charge in [-0.05, 0) is 25.5 Å². The van der Waals surface area contributed by atoms with Gasteiger partial charge in [-0.1, -0.05) is 18.2 Å². The van der Waals surface area contributed by atoms with Crippen molar-refractivity contribution in [1.29, 1.82) is 0 Å². The summed E-state index contributed by atoms with van der Waals surface area (Å²) in [7, 11) is -3.03. The maximum Gasteiger partial charge on any atom is 0.317 e. The predicted molar refractivity (Wildman–Crippen MR) is 92.8 cm³/mol. The monoisotopic (exact) mass is 350 g/mol. The predicted octanol–water partition coefficient (Wildman–Crippen LogP) is 2.19. The van der Waals surface area contributed by atoms with E-state index in [9.17, 15) is 13.2 Å². The number of benzene rings is 1. The summed E-state index contributed by atoms with van der Waals surface area (Å²) in [5.41, 5.74) is 0.838. The molecule has 2 amide bonds. The molecular formula is C17H22N2O4S. The molecule has 1 N–H and O–H groups in total. The highest BCUT2D eigenvalue weighted by atomic mass is 32.2. The summed E-state index contributed by atoms with van der Waals surface area (Å²) >= 11 is 0. The molecule has 1 aliphatic heterocycles. The number of fused-ring (bicyclic) bond motifs is 1. The Morgan fingerprint density at radius 2 is 2.12 bits per heavy atom. The molecule has 1 saturated heterocycles. The van der Waals surface area contributed by atoms with Gasteiger partial charge in [0, 0.05) is 30.9 Å². The first-order valence-electron chi connectivity index (χ1n) is 8.17. The lowest BCUT2D eigenvalue weighted by molar-refractivity contribution is 0.183. The highest BCUT2D eigenvalue weighted by Gasteiger charge is 2.27. The van der Waals surface area contributed by atoms with Crippen molar-refractivity contribution in [3.05, 3.63) is 36.1 Å². The fourth-order valence-corrected chi connectivity index (χ4v) is 4.30. The summed E-state index contributed by atoms with van der Waals surface area (Å²) in [6.07, 6.45) is 1.08. The fraction of sp³-hybridized carbons (Fsp3) is 0.471. The van der Waals surface area contributed by atoms with Crippen LogP contribution in [0, 0.1) is 0 Å². The van der Waals surface area contributed by atoms with Crippen LogP contribution in [0.2, 0.25) is 0 Å². The molecule has 1 aliphatic rings. The average molecular weight is 350 g/mol. The van der Waals surface area contributed by atoms with Gasteiger partial charge in [-0.3, -0.25) is 0 Å². The number of nitrogens with one attached hydrogen (secondary N) is 1. The molecule has 1 aromatic carbocycles. The van der Waals surface area contributed by atoms with Gasteiger partial charge in [0.2, 0.25) is 0 Å². The topological polar surface area (TPSA) is 79.6 Å². The minimum atomic E-state index is -3.03. The summed E-state index contributed by atoms with van der Waals surface area (Å²) in [5.74, 6) is 1.01. The number of sulfone groups is 1. The van der Waals surface area contributed by atoms with Crippen LogP contribution in [0.25, 0.3) is 11.0 Å². The maximum absolute atomic E-state index is 12.3. The molecule has 7 heteroatoms. The Balaban J connectivity index is 1.55. The fourth-order valence-electron chi connectivity index (χ4n) is 2.92. The molecular weight excluding hydrogens is 328 g/mol. The van der Waals surface area contributed by atoms with Gasteiger partial charge in [0.05, 0.1) is 11.5 Å². The van der Waals surface area contributed by atoms with Gasteiger partial charge in [0.1, 0.15) is 11.3 Å². The van der Waals surface area contributed by atoms with Crippen LogP contribution in [-0.4, -0.2) is 50.0 Å². The Morgan fingerprint density at radius 3 is 2.92 bits per heavy atom. The van der Waals surface area contributed by atoms with E-state index in [-0.39, 0.29) is 30.1 Å². The SMILES string of the molecule is C[C@H]1CCS(=O)(=O)CCN1C(=O)NCCc1cc2ccccc2o1. The van der Waals surface area contributed by atoms with Crippen molar-refractivity contribution in [2.45, 2.75) is 25.8 Å². The number of nitrogens with zero attached hydrogens (tertiary/aromatic N) is 1. The van der Waals surface area contributed by atoms with Crippen LogP contribution in [-0.2, 0) is 16.3 Å². The normalized spacial score (nSPS) is 20.7. The Labute approximate surface area is 141 Å². The zero-order valence-corrected chi connectivity index (χ0v) is 14.5. The van der Waals surface area contributed by atoms with Crippen molar-refractivity contribution in [1.82, 2.24) is 10.2 Å². The maximum atomic E-state index is 12.3. The van der Waals surface area contributed by atoms with Gasteiger partial charge in [0.25, 0.3) is 0 Å². The van der Waals surface area contributed by atoms with Crippen LogP contribution in [0.3, 0.4) is 0 Å². The van der Waals surface area contributed by atoms with E-state index in [1.54, 1.807) is 4.90 Å². The molecule has 2 aromatic rings. The van der Waals surface area contributed by atoms with Crippen molar-refractivity contribution in [2.75, 3.05) is 24.6 Å². The molecule has 1 atom stereocenters. The Bertz CT molecular complexity index is 795. The molecule has 3 rings (SSSR count). The molecule has 0 radical (unpaired) electrons. The largest absolute Gasteiger partial charge is 0.461 e. The second kappa shape index (κ2) is 6.84. The minimum Gasteiger partial charge on any atom is -0.461 e. The van der Waals surface area contributed by atoms with E-state index in [1.165, 1.54) is 0 Å². The number of urea groups is 1. The average Bonchev–Trinajstić information content (AvgIpc) is 2.89. The number of hydrogen-bond acceptors (Lipinski definition) is 4. The highest BCUT2D eigenvalue weighted by Crippen LogP contribution is 2.19. The second-order valence-electron chi connectivity index (χ2n) is 6.22. The summed E-state index contributed by atoms with van der Waals surface area (Å²) in [4.78, 5) is 13.9. The number of rotatable bonds is 3. The lowest BCUT2D eigenvalue weighted by Gasteiger charge is -2.26. The van der Waals surface area contributed by atoms with Crippen molar-refractivity contribution in [3.8, 4) is 0 Å². The second-order valence-corrected chi connectivity index (χ2v) is 8.52. The van der Waals surface area contributed by atoms with Crippen molar-refractivity contribution >= 4 is 26.8 Å². The van der Waals surface area contributed by atoms with Crippen LogP contribution in [0.4, 0.5) is 4.79 Å². The summed E-state index contributed by atoms with van der Waals surface area (Å²) < 4.78 is 29.1. The van der Waals surface area contributed by atoms with E-state index in [1.807, 2.05) is 37.3 Å². The number of furan rings is 1. The van der Waals surface area contributed by atoms with E-state index >= 15 is 0 Å². The van der Waals surface area contributed by atoms with Crippen LogP contribution in [0.15, 0.2) is 34.7 Å². The van der Waals surface area contributed by atoms with E-state index in [2.05, 4.69) is 5.32 Å². The quantitative estimate of drug-likeness (QED) is 0.920. The summed E-state index contributed by atoms with van der Waals surface area (Å²) in [5, 5.41) is 3.91. The third kappa shape index (κ3) is 3.90. The van der Waals surface area contributed by atoms with Crippen LogP contribution >= 0.6 is 0 Å². The summed E-state index contributed by atoms with van der Waals surface area (Å²) in [6, 6.07) is 9.47. The standard InChI is InChI=1S/C17H22N2O4S/c1-13-7-10-24(21,22)11-9-19(13)17(20)18-8-6-15-12-14-4-2-3-5-16(14)23-15/h2-5,12-13H,6-11H2,1H3,(H,18,20)/t13-/m0/s1. The molecule has 1 aromatic heterocycles. The van der Waals surface area contributed by atoms with Crippen molar-refractivity contribution in [3.63, 3.8) is 0 Å². The van der Waals surface area contributed by atoms with E-state index < -0.39 is 9.84 Å². The number of amides is 2. The van der Waals surface area contributed by atoms with E-state index in [4.69, 9.17) is 4.42 Å². The molecule has 24 heavy (non-hydrogen) atoms. The van der Waals surface area contributed by atoms with E-state index in [0.717, 1.165) is 16.7 Å². The molecule has 2 heterocycles. The lowest BCUT2D eigenvalue weighted by Crippen LogP contribution is -2.46. The third-order valence-corrected chi connectivity index (χ3v) is 6.07. The zero-order valence-electron chi connectivity index (χ0n) is 13.7. The van der Waals surface area contributed by atoms with Gasteiger partial charge >= 0.3 is 6.03 Å². The first kappa shape index (κ1) is 16.8. The van der Waals surface area contributed by atoms with E-state index in [0.29, 0.717) is 19.4 Å². The lowest BCUT2D eigenvalue weighted by atomic mass is 10.2. The smallest absolute Gasteiger partial charge is 0.317 e. The summed E-state index contributed by atoms with van der Waals surface area (Å²) in [6.45, 7) is 2.59. The first-order valence-corrected chi connectivity index (χ1v) is 9.99. The number of carbonyl (C=O) groups is 1. The molecule has 0 unspecified atom stereocenters. The number of para-hydroxylation sites is 1. The van der Waals surface area contributed by atoms with Gasteiger partial charge in [-0.25, -0.2) is 13.2 Å². The molecule has 0 aliphatic carbocycles. The van der Waals surface area contributed by atoms with Crippen molar-refractivity contribution < 1.29 is 17.6 Å². The highest BCUT2D eigenvalue weighted by molar-refractivity contribution is 7.91. The molecule has 0 spiro atoms. The Morgan fingerprint density at radius 1 is 1.33 bits per heavy atom.